The van der Waals surface area contributed by atoms with E-state index in [4.69, 9.17) is 11.6 Å². The van der Waals surface area contributed by atoms with E-state index in [-0.39, 0.29) is 0 Å². The summed E-state index contributed by atoms with van der Waals surface area (Å²) in [5, 5.41) is 0.768. The van der Waals surface area contributed by atoms with Gasteiger partial charge in [-0.25, -0.2) is 9.97 Å². The molecule has 0 N–H and O–H groups in total. The molecule has 0 radical (unpaired) electrons. The summed E-state index contributed by atoms with van der Waals surface area (Å²) in [5.41, 5.74) is 4.40. The number of aryl methyl sites for hydroxylation is 1. The molecule has 0 bridgehead atoms. The van der Waals surface area contributed by atoms with Gasteiger partial charge in [0.2, 0.25) is 0 Å². The number of aromatic nitrogens is 2. The maximum atomic E-state index is 6.16. The van der Waals surface area contributed by atoms with Gasteiger partial charge in [0.05, 0.1) is 10.7 Å². The van der Waals surface area contributed by atoms with Crippen LogP contribution in [0.2, 0.25) is 5.02 Å². The summed E-state index contributed by atoms with van der Waals surface area (Å²) in [6, 6.07) is 6.09. The van der Waals surface area contributed by atoms with E-state index < -0.39 is 0 Å². The van der Waals surface area contributed by atoms with Crippen LogP contribution in [0.4, 0.5) is 5.69 Å². The molecular formula is C14H16ClN3. The number of hydrogen-bond donors (Lipinski definition) is 0. The minimum absolute atomic E-state index is 0.768. The van der Waals surface area contributed by atoms with Crippen molar-refractivity contribution in [2.75, 3.05) is 19.0 Å². The van der Waals surface area contributed by atoms with Crippen LogP contribution >= 0.6 is 11.6 Å². The molecule has 2 rings (SSSR count). The van der Waals surface area contributed by atoms with Gasteiger partial charge in [0.25, 0.3) is 0 Å². The van der Waals surface area contributed by atoms with Gasteiger partial charge in [-0.1, -0.05) is 17.7 Å². The lowest BCUT2D eigenvalue weighted by atomic mass is 10.0. The van der Waals surface area contributed by atoms with E-state index in [0.717, 1.165) is 28.4 Å². The van der Waals surface area contributed by atoms with Crippen LogP contribution in [0.1, 0.15) is 16.8 Å². The van der Waals surface area contributed by atoms with Crippen molar-refractivity contribution in [3.8, 4) is 0 Å². The zero-order chi connectivity index (χ0) is 13.1. The normalized spacial score (nSPS) is 10.4. The third kappa shape index (κ3) is 2.79. The van der Waals surface area contributed by atoms with Gasteiger partial charge in [-0.15, -0.1) is 0 Å². The van der Waals surface area contributed by atoms with Gasteiger partial charge in [0, 0.05) is 32.4 Å². The van der Waals surface area contributed by atoms with Gasteiger partial charge < -0.3 is 4.90 Å². The highest BCUT2D eigenvalue weighted by Crippen LogP contribution is 2.26. The second-order valence-corrected chi connectivity index (χ2v) is 4.90. The maximum Gasteiger partial charge on any atom is 0.115 e. The van der Waals surface area contributed by atoms with Crippen molar-refractivity contribution in [1.29, 1.82) is 0 Å². The molecule has 0 atom stereocenters. The fourth-order valence-electron chi connectivity index (χ4n) is 1.82. The smallest absolute Gasteiger partial charge is 0.115 e. The molecule has 0 aliphatic carbocycles. The highest BCUT2D eigenvalue weighted by atomic mass is 35.5. The van der Waals surface area contributed by atoms with E-state index in [9.17, 15) is 0 Å². The first-order valence-electron chi connectivity index (χ1n) is 5.79. The summed E-state index contributed by atoms with van der Waals surface area (Å²) in [5.74, 6) is 0. The molecule has 0 spiro atoms. The molecule has 0 aliphatic rings. The van der Waals surface area contributed by atoms with Crippen LogP contribution in [0.3, 0.4) is 0 Å². The quantitative estimate of drug-likeness (QED) is 0.850. The summed E-state index contributed by atoms with van der Waals surface area (Å²) < 4.78 is 0. The number of halogens is 1. The third-order valence-corrected chi connectivity index (χ3v) is 3.22. The lowest BCUT2D eigenvalue weighted by molar-refractivity contribution is 1.01. The fourth-order valence-corrected chi connectivity index (χ4v) is 2.11. The zero-order valence-electron chi connectivity index (χ0n) is 10.8. The first-order chi connectivity index (χ1) is 8.58. The number of hydrogen-bond acceptors (Lipinski definition) is 3. The molecule has 0 fully saturated rings. The second-order valence-electron chi connectivity index (χ2n) is 4.49. The standard InChI is InChI=1S/C14H16ClN3/c1-10-12(8-16-9-17-10)6-11-4-5-13(15)14(7-11)18(2)3/h4-5,7-9H,6H2,1-3H3. The number of anilines is 1. The van der Waals surface area contributed by atoms with E-state index in [1.807, 2.05) is 44.2 Å². The van der Waals surface area contributed by atoms with E-state index in [0.29, 0.717) is 0 Å². The Morgan fingerprint density at radius 3 is 2.72 bits per heavy atom. The van der Waals surface area contributed by atoms with E-state index in [1.165, 1.54) is 5.56 Å². The van der Waals surface area contributed by atoms with E-state index in [2.05, 4.69) is 16.0 Å². The Morgan fingerprint density at radius 1 is 1.28 bits per heavy atom. The molecule has 0 unspecified atom stereocenters. The van der Waals surface area contributed by atoms with Gasteiger partial charge in [0.15, 0.2) is 0 Å². The molecule has 18 heavy (non-hydrogen) atoms. The lowest BCUT2D eigenvalue weighted by Crippen LogP contribution is -2.09. The van der Waals surface area contributed by atoms with Crippen LogP contribution in [0, 0.1) is 6.92 Å². The van der Waals surface area contributed by atoms with Crippen molar-refractivity contribution < 1.29 is 0 Å². The summed E-state index contributed by atoms with van der Waals surface area (Å²) >= 11 is 6.16. The summed E-state index contributed by atoms with van der Waals surface area (Å²) in [6.45, 7) is 2.00. The highest BCUT2D eigenvalue weighted by molar-refractivity contribution is 6.33. The van der Waals surface area contributed by atoms with Gasteiger partial charge >= 0.3 is 0 Å². The first-order valence-corrected chi connectivity index (χ1v) is 6.17. The molecule has 1 heterocycles. The molecular weight excluding hydrogens is 246 g/mol. The number of benzene rings is 1. The Labute approximate surface area is 112 Å². The molecule has 0 saturated carbocycles. The largest absolute Gasteiger partial charge is 0.376 e. The first kappa shape index (κ1) is 12.8. The lowest BCUT2D eigenvalue weighted by Gasteiger charge is -2.16. The molecule has 3 nitrogen and oxygen atoms in total. The molecule has 4 heteroatoms. The predicted octanol–water partition coefficient (Wildman–Crippen LogP) is 3.10. The van der Waals surface area contributed by atoms with Crippen LogP contribution in [-0.2, 0) is 6.42 Å². The molecule has 94 valence electrons. The van der Waals surface area contributed by atoms with Crippen LogP contribution in [-0.4, -0.2) is 24.1 Å². The monoisotopic (exact) mass is 261 g/mol. The van der Waals surface area contributed by atoms with Gasteiger partial charge in [-0.05, 0) is 30.2 Å². The molecule has 0 aliphatic heterocycles. The fraction of sp³-hybridized carbons (Fsp3) is 0.286. The Hall–Kier alpha value is -1.61. The molecule has 2 aromatic rings. The van der Waals surface area contributed by atoms with E-state index >= 15 is 0 Å². The second kappa shape index (κ2) is 5.36. The van der Waals surface area contributed by atoms with E-state index in [1.54, 1.807) is 6.33 Å². The average molecular weight is 262 g/mol. The Morgan fingerprint density at radius 2 is 2.06 bits per heavy atom. The van der Waals surface area contributed by atoms with Crippen molar-refractivity contribution in [3.63, 3.8) is 0 Å². The summed E-state index contributed by atoms with van der Waals surface area (Å²) in [4.78, 5) is 10.3. The van der Waals surface area contributed by atoms with Crippen LogP contribution < -0.4 is 4.90 Å². The summed E-state index contributed by atoms with van der Waals surface area (Å²) in [6.07, 6.45) is 4.27. The predicted molar refractivity (Wildman–Crippen MR) is 75.4 cm³/mol. The molecule has 1 aromatic carbocycles. The topological polar surface area (TPSA) is 29.0 Å². The number of nitrogens with zero attached hydrogens (tertiary/aromatic N) is 3. The van der Waals surface area contributed by atoms with Gasteiger partial charge in [0.1, 0.15) is 6.33 Å². The van der Waals surface area contributed by atoms with Crippen LogP contribution in [0.15, 0.2) is 30.7 Å². The highest BCUT2D eigenvalue weighted by Gasteiger charge is 2.06. The number of rotatable bonds is 3. The Bertz CT molecular complexity index is 552. The van der Waals surface area contributed by atoms with Crippen molar-refractivity contribution in [2.45, 2.75) is 13.3 Å². The van der Waals surface area contributed by atoms with Crippen molar-refractivity contribution >= 4 is 17.3 Å². The minimum atomic E-state index is 0.768. The average Bonchev–Trinajstić information content (AvgIpc) is 2.34. The molecule has 0 amide bonds. The van der Waals surface area contributed by atoms with Crippen LogP contribution in [0.25, 0.3) is 0 Å². The minimum Gasteiger partial charge on any atom is -0.376 e. The Balaban J connectivity index is 2.30. The van der Waals surface area contributed by atoms with Crippen molar-refractivity contribution in [2.24, 2.45) is 0 Å². The van der Waals surface area contributed by atoms with Gasteiger partial charge in [-0.3, -0.25) is 0 Å². The van der Waals surface area contributed by atoms with Crippen molar-refractivity contribution in [3.05, 3.63) is 52.6 Å². The zero-order valence-corrected chi connectivity index (χ0v) is 11.6. The SMILES string of the molecule is Cc1ncncc1Cc1ccc(Cl)c(N(C)C)c1. The van der Waals surface area contributed by atoms with Crippen LogP contribution in [0.5, 0.6) is 0 Å². The van der Waals surface area contributed by atoms with Gasteiger partial charge in [-0.2, -0.15) is 0 Å². The Kier molecular flexibility index (Phi) is 3.82. The molecule has 1 aromatic heterocycles. The third-order valence-electron chi connectivity index (χ3n) is 2.90. The summed E-state index contributed by atoms with van der Waals surface area (Å²) in [7, 11) is 3.98. The maximum absolute atomic E-state index is 6.16. The molecule has 0 saturated heterocycles. The van der Waals surface area contributed by atoms with Crippen molar-refractivity contribution in [1.82, 2.24) is 9.97 Å².